The lowest BCUT2D eigenvalue weighted by Crippen LogP contribution is -2.36. The summed E-state index contributed by atoms with van der Waals surface area (Å²) in [7, 11) is -4.55. The van der Waals surface area contributed by atoms with Crippen molar-refractivity contribution in [3.05, 3.63) is 64.5 Å². The van der Waals surface area contributed by atoms with Gasteiger partial charge in [-0.2, -0.15) is 0 Å². The Bertz CT molecular complexity index is 882. The van der Waals surface area contributed by atoms with Gasteiger partial charge in [0.25, 0.3) is 15.7 Å². The van der Waals surface area contributed by atoms with Gasteiger partial charge in [-0.05, 0) is 30.3 Å². The van der Waals surface area contributed by atoms with Crippen LogP contribution in [0.4, 0.5) is 15.8 Å². The Hall–Kier alpha value is -3.01. The first-order chi connectivity index (χ1) is 11.2. The van der Waals surface area contributed by atoms with E-state index in [1.165, 1.54) is 12.1 Å². The predicted octanol–water partition coefficient (Wildman–Crippen LogP) is 2.01. The van der Waals surface area contributed by atoms with Crippen LogP contribution in [0.3, 0.4) is 0 Å². The van der Waals surface area contributed by atoms with Crippen LogP contribution in [-0.4, -0.2) is 31.0 Å². The second-order valence-corrected chi connectivity index (χ2v) is 6.44. The molecule has 10 heteroatoms. The van der Waals surface area contributed by atoms with E-state index in [1.54, 1.807) is 0 Å². The third-order valence-electron chi connectivity index (χ3n) is 3.02. The Kier molecular flexibility index (Phi) is 4.79. The van der Waals surface area contributed by atoms with Crippen LogP contribution in [0.2, 0.25) is 0 Å². The zero-order valence-electron chi connectivity index (χ0n) is 12.0. The highest BCUT2D eigenvalue weighted by molar-refractivity contribution is 7.93. The molecule has 2 rings (SSSR count). The lowest BCUT2D eigenvalue weighted by atomic mass is 10.3. The van der Waals surface area contributed by atoms with Gasteiger partial charge in [0.15, 0.2) is 4.90 Å². The Balaban J connectivity index is 2.62. The van der Waals surface area contributed by atoms with E-state index in [1.807, 2.05) is 0 Å². The molecule has 0 fully saturated rings. The largest absolute Gasteiger partial charge is 0.480 e. The Morgan fingerprint density at radius 2 is 1.75 bits per heavy atom. The number of para-hydroxylation sites is 1. The van der Waals surface area contributed by atoms with Crippen LogP contribution in [0.15, 0.2) is 53.4 Å². The molecular weight excluding hydrogens is 343 g/mol. The molecular formula is C14H11FN2O6S. The lowest BCUT2D eigenvalue weighted by Gasteiger charge is -2.22. The number of rotatable bonds is 6. The van der Waals surface area contributed by atoms with Crippen LogP contribution in [0.25, 0.3) is 0 Å². The molecule has 0 spiro atoms. The maximum Gasteiger partial charge on any atom is 0.324 e. The van der Waals surface area contributed by atoms with Gasteiger partial charge in [-0.3, -0.25) is 19.2 Å². The van der Waals surface area contributed by atoms with Crippen molar-refractivity contribution in [3.8, 4) is 0 Å². The van der Waals surface area contributed by atoms with Gasteiger partial charge < -0.3 is 5.11 Å². The van der Waals surface area contributed by atoms with E-state index in [0.717, 1.165) is 36.4 Å². The van der Waals surface area contributed by atoms with Crippen LogP contribution >= 0.6 is 0 Å². The third-order valence-corrected chi connectivity index (χ3v) is 4.84. The summed E-state index contributed by atoms with van der Waals surface area (Å²) in [5.74, 6) is -2.11. The summed E-state index contributed by atoms with van der Waals surface area (Å²) < 4.78 is 39.0. The molecule has 2 aromatic carbocycles. The number of carboxylic acids is 1. The van der Waals surface area contributed by atoms with Crippen molar-refractivity contribution in [2.24, 2.45) is 0 Å². The van der Waals surface area contributed by atoms with Crippen molar-refractivity contribution in [1.29, 1.82) is 0 Å². The van der Waals surface area contributed by atoms with E-state index in [4.69, 9.17) is 5.11 Å². The molecule has 0 radical (unpaired) electrons. The van der Waals surface area contributed by atoms with E-state index in [-0.39, 0.29) is 5.69 Å². The summed E-state index contributed by atoms with van der Waals surface area (Å²) >= 11 is 0. The molecule has 24 heavy (non-hydrogen) atoms. The molecule has 2 aromatic rings. The number of sulfonamides is 1. The average Bonchev–Trinajstić information content (AvgIpc) is 2.53. The second kappa shape index (κ2) is 6.62. The highest BCUT2D eigenvalue weighted by Gasteiger charge is 2.32. The molecule has 0 amide bonds. The SMILES string of the molecule is O=C(O)CN(c1ccc(F)cc1)S(=O)(=O)c1ccccc1[N+](=O)[O-]. The number of halogens is 1. The molecule has 0 unspecified atom stereocenters. The van der Waals surface area contributed by atoms with Crippen LogP contribution in [0.1, 0.15) is 0 Å². The van der Waals surface area contributed by atoms with Crippen LogP contribution in [0, 0.1) is 15.9 Å². The third kappa shape index (κ3) is 3.49. The van der Waals surface area contributed by atoms with E-state index in [2.05, 4.69) is 0 Å². The molecule has 126 valence electrons. The summed E-state index contributed by atoms with van der Waals surface area (Å²) in [5, 5.41) is 20.0. The van der Waals surface area contributed by atoms with E-state index >= 15 is 0 Å². The zero-order valence-corrected chi connectivity index (χ0v) is 12.8. The zero-order chi connectivity index (χ0) is 17.9. The first-order valence-corrected chi connectivity index (χ1v) is 7.91. The summed E-state index contributed by atoms with van der Waals surface area (Å²) in [6.45, 7) is -0.972. The number of anilines is 1. The van der Waals surface area contributed by atoms with Crippen molar-refractivity contribution in [1.82, 2.24) is 0 Å². The first kappa shape index (κ1) is 17.3. The minimum absolute atomic E-state index is 0.128. The maximum atomic E-state index is 13.0. The van der Waals surface area contributed by atoms with Gasteiger partial charge in [-0.1, -0.05) is 12.1 Å². The highest BCUT2D eigenvalue weighted by Crippen LogP contribution is 2.29. The van der Waals surface area contributed by atoms with Crippen molar-refractivity contribution in [2.45, 2.75) is 4.90 Å². The van der Waals surface area contributed by atoms with Gasteiger partial charge in [0.1, 0.15) is 12.4 Å². The normalized spacial score (nSPS) is 11.0. The highest BCUT2D eigenvalue weighted by atomic mass is 32.2. The molecule has 1 N–H and O–H groups in total. The van der Waals surface area contributed by atoms with E-state index < -0.39 is 43.9 Å². The van der Waals surface area contributed by atoms with Gasteiger partial charge in [0.2, 0.25) is 0 Å². The number of aliphatic carboxylic acids is 1. The first-order valence-electron chi connectivity index (χ1n) is 6.47. The number of hydrogen-bond donors (Lipinski definition) is 1. The molecule has 0 aliphatic rings. The summed E-state index contributed by atoms with van der Waals surface area (Å²) in [5.41, 5.74) is -0.813. The van der Waals surface area contributed by atoms with Crippen molar-refractivity contribution < 1.29 is 27.6 Å². The lowest BCUT2D eigenvalue weighted by molar-refractivity contribution is -0.387. The smallest absolute Gasteiger partial charge is 0.324 e. The number of nitro benzene ring substituents is 1. The number of hydrogen-bond acceptors (Lipinski definition) is 5. The monoisotopic (exact) mass is 354 g/mol. The Morgan fingerprint density at radius 3 is 2.29 bits per heavy atom. The molecule has 0 atom stereocenters. The van der Waals surface area contributed by atoms with E-state index in [9.17, 15) is 27.7 Å². The average molecular weight is 354 g/mol. The summed E-state index contributed by atoms with van der Waals surface area (Å²) in [4.78, 5) is 20.6. The standard InChI is InChI=1S/C14H11FN2O6S/c15-10-5-7-11(8-6-10)16(9-14(18)19)24(22,23)13-4-2-1-3-12(13)17(20)21/h1-8H,9H2,(H,18,19). The Labute approximate surface area is 136 Å². The van der Waals surface area contributed by atoms with Crippen LogP contribution in [0.5, 0.6) is 0 Å². The quantitative estimate of drug-likeness (QED) is 0.626. The molecule has 0 aliphatic heterocycles. The van der Waals surface area contributed by atoms with E-state index in [0.29, 0.717) is 4.31 Å². The fourth-order valence-corrected chi connectivity index (χ4v) is 3.56. The molecule has 0 bridgehead atoms. The second-order valence-electron chi connectivity index (χ2n) is 4.61. The van der Waals surface area contributed by atoms with Crippen LogP contribution < -0.4 is 4.31 Å². The molecule has 0 saturated heterocycles. The van der Waals surface area contributed by atoms with Crippen molar-refractivity contribution in [3.63, 3.8) is 0 Å². The fourth-order valence-electron chi connectivity index (χ4n) is 1.99. The number of benzene rings is 2. The molecule has 0 aliphatic carbocycles. The van der Waals surface area contributed by atoms with Gasteiger partial charge in [0, 0.05) is 6.07 Å². The topological polar surface area (TPSA) is 118 Å². The van der Waals surface area contributed by atoms with Crippen molar-refractivity contribution >= 4 is 27.4 Å². The number of carbonyl (C=O) groups is 1. The maximum absolute atomic E-state index is 13.0. The molecule has 0 aromatic heterocycles. The minimum Gasteiger partial charge on any atom is -0.480 e. The van der Waals surface area contributed by atoms with Gasteiger partial charge >= 0.3 is 5.97 Å². The number of nitro groups is 1. The fraction of sp³-hybridized carbons (Fsp3) is 0.0714. The van der Waals surface area contributed by atoms with Gasteiger partial charge in [0.05, 0.1) is 10.6 Å². The van der Waals surface area contributed by atoms with Gasteiger partial charge in [-0.15, -0.1) is 0 Å². The number of nitrogens with zero attached hydrogens (tertiary/aromatic N) is 2. The predicted molar refractivity (Wildman–Crippen MR) is 81.7 cm³/mol. The Morgan fingerprint density at radius 1 is 1.17 bits per heavy atom. The molecule has 0 heterocycles. The van der Waals surface area contributed by atoms with Crippen molar-refractivity contribution in [2.75, 3.05) is 10.8 Å². The summed E-state index contributed by atoms with van der Waals surface area (Å²) in [6.07, 6.45) is 0. The summed E-state index contributed by atoms with van der Waals surface area (Å²) in [6, 6.07) is 8.63. The van der Waals surface area contributed by atoms with Gasteiger partial charge in [-0.25, -0.2) is 12.8 Å². The number of carboxylic acid groups (broad SMARTS) is 1. The minimum atomic E-state index is -4.55. The molecule has 8 nitrogen and oxygen atoms in total. The molecule has 0 saturated carbocycles. The van der Waals surface area contributed by atoms with Crippen LogP contribution in [-0.2, 0) is 14.8 Å².